The van der Waals surface area contributed by atoms with Crippen LogP contribution in [0, 0.1) is 11.6 Å². The Morgan fingerprint density at radius 2 is 1.82 bits per heavy atom. The number of halogens is 2. The second-order valence-corrected chi connectivity index (χ2v) is 6.71. The summed E-state index contributed by atoms with van der Waals surface area (Å²) in [6.07, 6.45) is 0.456. The lowest BCUT2D eigenvalue weighted by atomic mass is 10.0. The minimum absolute atomic E-state index is 0.191. The maximum Gasteiger partial charge on any atom is 0.267 e. The monoisotopic (exact) mass is 397 g/mol. The summed E-state index contributed by atoms with van der Waals surface area (Å²) in [6.45, 7) is 0.191. The fraction of sp³-hybridized carbons (Fsp3) is 0.100. The van der Waals surface area contributed by atoms with Crippen LogP contribution in [0.4, 0.5) is 8.78 Å². The van der Waals surface area contributed by atoms with E-state index >= 15 is 0 Å². The van der Waals surface area contributed by atoms with Gasteiger partial charge in [0, 0.05) is 23.3 Å². The molecular formula is C20H13F2N3O2S. The Kier molecular flexibility index (Phi) is 4.79. The van der Waals surface area contributed by atoms with Crippen molar-refractivity contribution < 1.29 is 13.6 Å². The third-order valence-electron chi connectivity index (χ3n) is 4.19. The summed E-state index contributed by atoms with van der Waals surface area (Å²) in [7, 11) is 0. The average Bonchev–Trinajstić information content (AvgIpc) is 3.09. The highest BCUT2D eigenvalue weighted by atomic mass is 32.1. The number of hydrogen-bond donors (Lipinski definition) is 0. The van der Waals surface area contributed by atoms with Crippen LogP contribution in [0.5, 0.6) is 0 Å². The van der Waals surface area contributed by atoms with Crippen LogP contribution in [0.25, 0.3) is 11.3 Å². The molecule has 4 rings (SSSR count). The Balaban J connectivity index is 1.65. The second-order valence-electron chi connectivity index (χ2n) is 6.25. The highest BCUT2D eigenvalue weighted by Gasteiger charge is 2.16. The minimum Gasteiger partial charge on any atom is -0.349 e. The molecule has 2 aromatic carbocycles. The molecule has 2 heterocycles. The van der Waals surface area contributed by atoms with Gasteiger partial charge in [-0.2, -0.15) is 5.10 Å². The van der Waals surface area contributed by atoms with Crippen molar-refractivity contribution in [3.8, 4) is 11.3 Å². The Morgan fingerprint density at radius 3 is 2.54 bits per heavy atom. The van der Waals surface area contributed by atoms with E-state index in [0.29, 0.717) is 17.2 Å². The van der Waals surface area contributed by atoms with E-state index in [-0.39, 0.29) is 17.7 Å². The predicted octanol–water partition coefficient (Wildman–Crippen LogP) is 3.69. The molecule has 0 saturated carbocycles. The highest BCUT2D eigenvalue weighted by Crippen LogP contribution is 2.19. The first-order valence-corrected chi connectivity index (χ1v) is 8.79. The van der Waals surface area contributed by atoms with Crippen molar-refractivity contribution in [2.45, 2.75) is 13.0 Å². The van der Waals surface area contributed by atoms with E-state index in [0.717, 1.165) is 22.9 Å². The van der Waals surface area contributed by atoms with Crippen molar-refractivity contribution in [2.24, 2.45) is 5.16 Å². The molecule has 1 aliphatic heterocycles. The molecule has 0 spiro atoms. The van der Waals surface area contributed by atoms with Gasteiger partial charge in [-0.15, -0.1) is 0 Å². The summed E-state index contributed by atoms with van der Waals surface area (Å²) in [5.74, 6) is -1.42. The van der Waals surface area contributed by atoms with Gasteiger partial charge in [0.2, 0.25) is 5.05 Å². The molecule has 1 aliphatic rings. The first kappa shape index (κ1) is 18.1. The third-order valence-corrected chi connectivity index (χ3v) is 4.41. The lowest BCUT2D eigenvalue weighted by molar-refractivity contribution is 0.348. The summed E-state index contributed by atoms with van der Waals surface area (Å²) in [6, 6.07) is 13.3. The summed E-state index contributed by atoms with van der Waals surface area (Å²) in [5.41, 5.74) is 2.60. The second kappa shape index (κ2) is 7.40. The molecule has 1 aromatic heterocycles. The van der Waals surface area contributed by atoms with E-state index in [1.807, 2.05) is 24.3 Å². The Morgan fingerprint density at radius 1 is 1.04 bits per heavy atom. The maximum atomic E-state index is 13.5. The number of thiocarbonyl (C=S) groups is 1. The van der Waals surface area contributed by atoms with Gasteiger partial charge in [-0.05, 0) is 42.0 Å². The van der Waals surface area contributed by atoms with Gasteiger partial charge >= 0.3 is 0 Å². The van der Waals surface area contributed by atoms with Gasteiger partial charge in [0.1, 0.15) is 11.6 Å². The summed E-state index contributed by atoms with van der Waals surface area (Å²) in [4.78, 5) is 17.2. The zero-order valence-electron chi connectivity index (χ0n) is 14.4. The fourth-order valence-corrected chi connectivity index (χ4v) is 3.08. The molecule has 8 heteroatoms. The summed E-state index contributed by atoms with van der Waals surface area (Å²) >= 11 is 4.98. The molecule has 0 saturated heterocycles. The van der Waals surface area contributed by atoms with Gasteiger partial charge in [-0.1, -0.05) is 23.4 Å². The largest absolute Gasteiger partial charge is 0.349 e. The molecule has 0 fully saturated rings. The zero-order chi connectivity index (χ0) is 19.7. The number of oxime groups is 1. The SMILES string of the molecule is O=c1ccc(-c2cc(F)cc(F)c2)nn1Cc1cccc(C2=NOC(=S)C2)c1. The number of rotatable bonds is 4. The Labute approximate surface area is 163 Å². The van der Waals surface area contributed by atoms with Crippen molar-refractivity contribution in [2.75, 3.05) is 0 Å². The molecule has 3 aromatic rings. The molecule has 0 unspecified atom stereocenters. The standard InChI is InChI=1S/C20H13F2N3O2S/c21-15-7-14(8-16(22)9-15)17-4-5-19(26)25(23-17)11-12-2-1-3-13(6-12)18-10-20(28)27-24-18/h1-9H,10-11H2. The molecule has 0 amide bonds. The van der Waals surface area contributed by atoms with Crippen LogP contribution in [0.2, 0.25) is 0 Å². The van der Waals surface area contributed by atoms with E-state index in [9.17, 15) is 13.6 Å². The number of hydrogen-bond acceptors (Lipinski definition) is 5. The van der Waals surface area contributed by atoms with Crippen molar-refractivity contribution in [3.63, 3.8) is 0 Å². The molecule has 0 aliphatic carbocycles. The van der Waals surface area contributed by atoms with E-state index in [4.69, 9.17) is 17.1 Å². The summed E-state index contributed by atoms with van der Waals surface area (Å²) < 4.78 is 28.2. The third kappa shape index (κ3) is 3.86. The van der Waals surface area contributed by atoms with Crippen LogP contribution >= 0.6 is 12.2 Å². The van der Waals surface area contributed by atoms with Crippen molar-refractivity contribution >= 4 is 23.0 Å². The zero-order valence-corrected chi connectivity index (χ0v) is 15.2. The molecule has 0 bridgehead atoms. The van der Waals surface area contributed by atoms with Crippen LogP contribution < -0.4 is 5.56 Å². The van der Waals surface area contributed by atoms with Crippen LogP contribution in [0.3, 0.4) is 0 Å². The normalized spacial score (nSPS) is 13.4. The lowest BCUT2D eigenvalue weighted by Gasteiger charge is -2.09. The van der Waals surface area contributed by atoms with E-state index < -0.39 is 11.6 Å². The predicted molar refractivity (Wildman–Crippen MR) is 104 cm³/mol. The molecule has 140 valence electrons. The summed E-state index contributed by atoms with van der Waals surface area (Å²) in [5, 5.41) is 8.61. The van der Waals surface area contributed by atoms with Gasteiger partial charge in [-0.3, -0.25) is 4.79 Å². The molecule has 5 nitrogen and oxygen atoms in total. The van der Waals surface area contributed by atoms with E-state index in [2.05, 4.69) is 10.3 Å². The molecular weight excluding hydrogens is 384 g/mol. The van der Waals surface area contributed by atoms with Gasteiger partial charge in [0.25, 0.3) is 5.56 Å². The number of aromatic nitrogens is 2. The Bertz CT molecular complexity index is 1150. The smallest absolute Gasteiger partial charge is 0.267 e. The minimum atomic E-state index is -0.709. The molecule has 0 radical (unpaired) electrons. The molecule has 0 N–H and O–H groups in total. The van der Waals surface area contributed by atoms with Crippen LogP contribution in [0.15, 0.2) is 64.5 Å². The number of nitrogens with zero attached hydrogens (tertiary/aromatic N) is 3. The highest BCUT2D eigenvalue weighted by molar-refractivity contribution is 7.80. The first-order chi connectivity index (χ1) is 13.5. The maximum absolute atomic E-state index is 13.5. The van der Waals surface area contributed by atoms with Gasteiger partial charge < -0.3 is 4.84 Å². The fourth-order valence-electron chi connectivity index (χ4n) is 2.90. The van der Waals surface area contributed by atoms with Gasteiger partial charge in [0.15, 0.2) is 0 Å². The molecule has 28 heavy (non-hydrogen) atoms. The quantitative estimate of drug-likeness (QED) is 0.630. The van der Waals surface area contributed by atoms with Crippen molar-refractivity contribution in [1.82, 2.24) is 9.78 Å². The van der Waals surface area contributed by atoms with Crippen molar-refractivity contribution in [3.05, 3.63) is 87.7 Å². The van der Waals surface area contributed by atoms with Gasteiger partial charge in [0.05, 0.1) is 24.4 Å². The Hall–Kier alpha value is -3.26. The van der Waals surface area contributed by atoms with Crippen LogP contribution in [-0.4, -0.2) is 20.5 Å². The lowest BCUT2D eigenvalue weighted by Crippen LogP contribution is -2.23. The van der Waals surface area contributed by atoms with E-state index in [1.165, 1.54) is 28.9 Å². The van der Waals surface area contributed by atoms with Crippen LogP contribution in [-0.2, 0) is 11.4 Å². The molecule has 0 atom stereocenters. The number of benzene rings is 2. The average molecular weight is 397 g/mol. The first-order valence-electron chi connectivity index (χ1n) is 8.38. The van der Waals surface area contributed by atoms with Gasteiger partial charge in [-0.25, -0.2) is 13.5 Å². The topological polar surface area (TPSA) is 56.5 Å². The van der Waals surface area contributed by atoms with Crippen molar-refractivity contribution in [1.29, 1.82) is 0 Å². The van der Waals surface area contributed by atoms with Crippen LogP contribution in [0.1, 0.15) is 17.5 Å². The van der Waals surface area contributed by atoms with E-state index in [1.54, 1.807) is 0 Å².